The molecule has 10 heteroatoms. The summed E-state index contributed by atoms with van der Waals surface area (Å²) in [6, 6.07) is 15.2. The van der Waals surface area contributed by atoms with Gasteiger partial charge in [0.15, 0.2) is 5.69 Å². The first-order valence-electron chi connectivity index (χ1n) is 9.94. The second kappa shape index (κ2) is 8.44. The molecule has 2 heterocycles. The Morgan fingerprint density at radius 2 is 1.64 bits per heavy atom. The van der Waals surface area contributed by atoms with Crippen LogP contribution in [0.3, 0.4) is 0 Å². The number of nitrogens with one attached hydrogen (secondary N) is 1. The lowest BCUT2D eigenvalue weighted by molar-refractivity contribution is 0.430. The average molecular weight is 466 g/mol. The number of hydrogen-bond acceptors (Lipinski definition) is 5. The number of hydrogen-bond donors (Lipinski definition) is 2. The van der Waals surface area contributed by atoms with Gasteiger partial charge in [-0.05, 0) is 50.2 Å². The van der Waals surface area contributed by atoms with Gasteiger partial charge < -0.3 is 5.11 Å². The summed E-state index contributed by atoms with van der Waals surface area (Å²) in [4.78, 5) is 44.7. The van der Waals surface area contributed by atoms with Gasteiger partial charge in [-0.1, -0.05) is 29.8 Å². The second-order valence-corrected chi connectivity index (χ2v) is 7.81. The number of nitrogens with zero attached hydrogens (tertiary/aromatic N) is 4. The van der Waals surface area contributed by atoms with E-state index >= 15 is 0 Å². The van der Waals surface area contributed by atoms with Crippen molar-refractivity contribution in [3.63, 3.8) is 0 Å². The molecule has 0 fully saturated rings. The summed E-state index contributed by atoms with van der Waals surface area (Å²) in [6.45, 7) is 3.21. The molecule has 9 nitrogen and oxygen atoms in total. The molecule has 0 atom stereocenters. The SMILES string of the molecule is CC(=Nc1c(C)n(C)n(-c2ccccc2)c1=O)c1c(O)n(-c2ccc(Cl)cc2)c(=O)[nH]c1=O. The van der Waals surface area contributed by atoms with Crippen LogP contribution < -0.4 is 16.8 Å². The number of aromatic nitrogens is 4. The standard InChI is InChI=1S/C23H20ClN5O4/c1-13(25-19-14(2)27(3)29(22(19)32)17-7-5-4-6-8-17)18-20(30)26-23(33)28(21(18)31)16-11-9-15(24)10-12-16/h4-12,31H,1-3H3,(H,26,30,33). The van der Waals surface area contributed by atoms with Crippen LogP contribution in [0.25, 0.3) is 11.4 Å². The van der Waals surface area contributed by atoms with E-state index in [1.807, 2.05) is 18.2 Å². The molecule has 168 valence electrons. The van der Waals surface area contributed by atoms with E-state index in [9.17, 15) is 19.5 Å². The van der Waals surface area contributed by atoms with Gasteiger partial charge in [0.1, 0.15) is 5.56 Å². The molecule has 4 rings (SSSR count). The molecule has 0 bridgehead atoms. The summed E-state index contributed by atoms with van der Waals surface area (Å²) in [5, 5.41) is 11.3. The molecule has 0 saturated carbocycles. The Morgan fingerprint density at radius 3 is 2.27 bits per heavy atom. The summed E-state index contributed by atoms with van der Waals surface area (Å²) in [5.74, 6) is -0.593. The summed E-state index contributed by atoms with van der Waals surface area (Å²) in [6.07, 6.45) is 0. The van der Waals surface area contributed by atoms with Crippen LogP contribution >= 0.6 is 11.6 Å². The van der Waals surface area contributed by atoms with E-state index in [0.717, 1.165) is 4.57 Å². The van der Waals surface area contributed by atoms with Crippen molar-refractivity contribution in [1.82, 2.24) is 18.9 Å². The van der Waals surface area contributed by atoms with Crippen LogP contribution in [0.4, 0.5) is 5.69 Å². The third-order valence-corrected chi connectivity index (χ3v) is 5.59. The Bertz CT molecular complexity index is 1560. The van der Waals surface area contributed by atoms with Crippen molar-refractivity contribution >= 4 is 23.0 Å². The molecule has 0 aliphatic carbocycles. The van der Waals surface area contributed by atoms with E-state index in [4.69, 9.17) is 11.6 Å². The van der Waals surface area contributed by atoms with Gasteiger partial charge in [0.2, 0.25) is 5.88 Å². The fraction of sp³-hybridized carbons (Fsp3) is 0.130. The van der Waals surface area contributed by atoms with Crippen LogP contribution in [0.15, 0.2) is 74.0 Å². The van der Waals surface area contributed by atoms with E-state index in [1.165, 1.54) is 23.7 Å². The third-order valence-electron chi connectivity index (χ3n) is 5.34. The van der Waals surface area contributed by atoms with Gasteiger partial charge in [-0.3, -0.25) is 19.3 Å². The van der Waals surface area contributed by atoms with Gasteiger partial charge in [-0.2, -0.15) is 0 Å². The quantitative estimate of drug-likeness (QED) is 0.451. The highest BCUT2D eigenvalue weighted by molar-refractivity contribution is 6.30. The lowest BCUT2D eigenvalue weighted by Crippen LogP contribution is -2.32. The Kier molecular flexibility index (Phi) is 5.65. The van der Waals surface area contributed by atoms with Gasteiger partial charge in [-0.25, -0.2) is 19.0 Å². The van der Waals surface area contributed by atoms with Crippen molar-refractivity contribution < 1.29 is 5.11 Å². The maximum absolute atomic E-state index is 13.1. The molecule has 0 aliphatic rings. The lowest BCUT2D eigenvalue weighted by Gasteiger charge is -2.11. The zero-order chi connectivity index (χ0) is 23.9. The molecule has 0 amide bonds. The van der Waals surface area contributed by atoms with Crippen molar-refractivity contribution in [3.05, 3.63) is 102 Å². The molecular weight excluding hydrogens is 446 g/mol. The number of H-pyrrole nitrogens is 1. The van der Waals surface area contributed by atoms with E-state index in [1.54, 1.807) is 42.9 Å². The van der Waals surface area contributed by atoms with Crippen LogP contribution in [0.5, 0.6) is 5.88 Å². The van der Waals surface area contributed by atoms with Gasteiger partial charge in [0, 0.05) is 12.1 Å². The van der Waals surface area contributed by atoms with Crippen LogP contribution in [0.2, 0.25) is 5.02 Å². The number of halogens is 1. The van der Waals surface area contributed by atoms with Crippen molar-refractivity contribution in [3.8, 4) is 17.3 Å². The van der Waals surface area contributed by atoms with Gasteiger partial charge >= 0.3 is 5.69 Å². The molecule has 4 aromatic rings. The van der Waals surface area contributed by atoms with Crippen LogP contribution in [-0.2, 0) is 7.05 Å². The maximum Gasteiger partial charge on any atom is 0.335 e. The van der Waals surface area contributed by atoms with Crippen LogP contribution in [0, 0.1) is 6.92 Å². The smallest absolute Gasteiger partial charge is 0.335 e. The Balaban J connectivity index is 1.90. The van der Waals surface area contributed by atoms with Crippen molar-refractivity contribution in [2.24, 2.45) is 12.0 Å². The second-order valence-electron chi connectivity index (χ2n) is 7.38. The molecule has 0 spiro atoms. The molecular formula is C23H20ClN5O4. The highest BCUT2D eigenvalue weighted by Gasteiger charge is 2.21. The number of aromatic amines is 1. The molecule has 2 aromatic heterocycles. The lowest BCUT2D eigenvalue weighted by atomic mass is 10.2. The predicted molar refractivity (Wildman–Crippen MR) is 127 cm³/mol. The fourth-order valence-electron chi connectivity index (χ4n) is 3.59. The topological polar surface area (TPSA) is 114 Å². The minimum Gasteiger partial charge on any atom is -0.493 e. The summed E-state index contributed by atoms with van der Waals surface area (Å²) >= 11 is 5.90. The Morgan fingerprint density at radius 1 is 1.00 bits per heavy atom. The highest BCUT2D eigenvalue weighted by Crippen LogP contribution is 2.22. The fourth-order valence-corrected chi connectivity index (χ4v) is 3.71. The Hall–Kier alpha value is -4.11. The van der Waals surface area contributed by atoms with Gasteiger partial charge in [0.25, 0.3) is 11.1 Å². The molecule has 33 heavy (non-hydrogen) atoms. The molecule has 0 radical (unpaired) electrons. The summed E-state index contributed by atoms with van der Waals surface area (Å²) in [5.41, 5.74) is -0.547. The zero-order valence-corrected chi connectivity index (χ0v) is 18.8. The predicted octanol–water partition coefficient (Wildman–Crippen LogP) is 2.82. The maximum atomic E-state index is 13.1. The first-order chi connectivity index (χ1) is 15.7. The van der Waals surface area contributed by atoms with E-state index in [-0.39, 0.29) is 22.5 Å². The van der Waals surface area contributed by atoms with Crippen molar-refractivity contribution in [2.75, 3.05) is 0 Å². The van der Waals surface area contributed by atoms with Crippen LogP contribution in [0.1, 0.15) is 18.2 Å². The molecule has 0 saturated heterocycles. The monoisotopic (exact) mass is 465 g/mol. The number of para-hydroxylation sites is 1. The van der Waals surface area contributed by atoms with Crippen molar-refractivity contribution in [2.45, 2.75) is 13.8 Å². The van der Waals surface area contributed by atoms with Gasteiger partial charge in [-0.15, -0.1) is 0 Å². The first-order valence-corrected chi connectivity index (χ1v) is 10.3. The van der Waals surface area contributed by atoms with Crippen LogP contribution in [-0.4, -0.2) is 29.7 Å². The molecule has 0 unspecified atom stereocenters. The summed E-state index contributed by atoms with van der Waals surface area (Å²) in [7, 11) is 1.73. The summed E-state index contributed by atoms with van der Waals surface area (Å²) < 4.78 is 4.05. The average Bonchev–Trinajstić information content (AvgIpc) is 2.98. The van der Waals surface area contributed by atoms with E-state index in [0.29, 0.717) is 22.1 Å². The van der Waals surface area contributed by atoms with Crippen molar-refractivity contribution in [1.29, 1.82) is 0 Å². The molecule has 2 aromatic carbocycles. The number of rotatable bonds is 4. The number of aliphatic imine (C=N–C) groups is 1. The third kappa shape index (κ3) is 3.83. The Labute approximate surface area is 192 Å². The number of benzene rings is 2. The molecule has 0 aliphatic heterocycles. The van der Waals surface area contributed by atoms with E-state index < -0.39 is 17.1 Å². The highest BCUT2D eigenvalue weighted by atomic mass is 35.5. The number of aromatic hydroxyl groups is 1. The first kappa shape index (κ1) is 22.1. The van der Waals surface area contributed by atoms with E-state index in [2.05, 4.69) is 9.98 Å². The zero-order valence-electron chi connectivity index (χ0n) is 18.0. The molecule has 2 N–H and O–H groups in total. The minimum absolute atomic E-state index is 0.0717. The normalized spacial score (nSPS) is 11.7. The largest absolute Gasteiger partial charge is 0.493 e. The van der Waals surface area contributed by atoms with Gasteiger partial charge in [0.05, 0.1) is 22.8 Å². The minimum atomic E-state index is -0.821.